The standard InChI is InChI=1S/C19H24F2N6/c1-12(2)13(9-22)7-17(23)26-18-4-3-15-16(25-18)8-14(10-24-15)27-6-5-19(20,21)11-27/h3-4,7-10,12,22,24-25H,5-6,11H2,1-2H3,(H2,23,26). The third kappa shape index (κ3) is 4.45. The fourth-order valence-corrected chi connectivity index (χ4v) is 3.00. The van der Waals surface area contributed by atoms with E-state index < -0.39 is 5.92 Å². The smallest absolute Gasteiger partial charge is 0.266 e. The van der Waals surface area contributed by atoms with Crippen LogP contribution in [0.15, 0.2) is 64.0 Å². The van der Waals surface area contributed by atoms with E-state index in [1.165, 1.54) is 6.21 Å². The molecule has 0 bridgehead atoms. The minimum absolute atomic E-state index is 0.132. The van der Waals surface area contributed by atoms with Gasteiger partial charge in [0.2, 0.25) is 0 Å². The van der Waals surface area contributed by atoms with Gasteiger partial charge in [0.25, 0.3) is 5.92 Å². The van der Waals surface area contributed by atoms with Crippen molar-refractivity contribution in [2.24, 2.45) is 16.6 Å². The van der Waals surface area contributed by atoms with Crippen LogP contribution in [-0.4, -0.2) is 36.0 Å². The monoisotopic (exact) mass is 374 g/mol. The van der Waals surface area contributed by atoms with Crippen LogP contribution in [0, 0.1) is 11.3 Å². The van der Waals surface area contributed by atoms with Gasteiger partial charge >= 0.3 is 0 Å². The fourth-order valence-electron chi connectivity index (χ4n) is 3.00. The lowest BCUT2D eigenvalue weighted by Crippen LogP contribution is -2.31. The van der Waals surface area contributed by atoms with Crippen molar-refractivity contribution in [2.75, 3.05) is 13.1 Å². The molecule has 1 fully saturated rings. The Balaban J connectivity index is 1.74. The van der Waals surface area contributed by atoms with E-state index in [0.29, 0.717) is 18.1 Å². The first-order chi connectivity index (χ1) is 12.8. The summed E-state index contributed by atoms with van der Waals surface area (Å²) in [5.74, 6) is -1.64. The SMILES string of the molecule is CC(C)C(C=N)=CC(N)=NC1=CC=C2NC=C(N3CCC(F)(F)C3)C=C2N1. The van der Waals surface area contributed by atoms with Gasteiger partial charge in [-0.25, -0.2) is 13.8 Å². The molecule has 0 spiro atoms. The molecule has 144 valence electrons. The molecule has 3 rings (SSSR count). The second-order valence-corrected chi connectivity index (χ2v) is 7.04. The predicted molar refractivity (Wildman–Crippen MR) is 103 cm³/mol. The van der Waals surface area contributed by atoms with E-state index in [4.69, 9.17) is 11.1 Å². The summed E-state index contributed by atoms with van der Waals surface area (Å²) in [6.45, 7) is 4.00. The van der Waals surface area contributed by atoms with Gasteiger partial charge in [-0.15, -0.1) is 0 Å². The number of fused-ring (bicyclic) bond motifs is 1. The summed E-state index contributed by atoms with van der Waals surface area (Å²) in [6, 6.07) is 0. The number of hydrogen-bond acceptors (Lipinski definition) is 5. The van der Waals surface area contributed by atoms with Crippen LogP contribution in [0.2, 0.25) is 0 Å². The molecule has 6 nitrogen and oxygen atoms in total. The predicted octanol–water partition coefficient (Wildman–Crippen LogP) is 2.57. The molecule has 3 aliphatic heterocycles. The van der Waals surface area contributed by atoms with Crippen molar-refractivity contribution in [1.29, 1.82) is 5.41 Å². The molecule has 0 amide bonds. The zero-order valence-electron chi connectivity index (χ0n) is 15.4. The third-order valence-corrected chi connectivity index (χ3v) is 4.56. The number of alkyl halides is 2. The van der Waals surface area contributed by atoms with E-state index in [0.717, 1.165) is 17.0 Å². The number of dihydropyridines is 2. The van der Waals surface area contributed by atoms with Crippen molar-refractivity contribution in [3.63, 3.8) is 0 Å². The number of nitrogens with two attached hydrogens (primary N) is 1. The van der Waals surface area contributed by atoms with Crippen LogP contribution in [0.25, 0.3) is 0 Å². The summed E-state index contributed by atoms with van der Waals surface area (Å²) in [5.41, 5.74) is 9.04. The zero-order valence-corrected chi connectivity index (χ0v) is 15.4. The Kier molecular flexibility index (Phi) is 5.16. The lowest BCUT2D eigenvalue weighted by molar-refractivity contribution is 0.0154. The largest absolute Gasteiger partial charge is 0.384 e. The van der Waals surface area contributed by atoms with Crippen molar-refractivity contribution in [1.82, 2.24) is 15.5 Å². The molecule has 0 saturated carbocycles. The molecule has 0 radical (unpaired) electrons. The van der Waals surface area contributed by atoms with Crippen molar-refractivity contribution in [2.45, 2.75) is 26.2 Å². The molecule has 3 aliphatic rings. The molecule has 5 N–H and O–H groups in total. The van der Waals surface area contributed by atoms with Gasteiger partial charge in [-0.2, -0.15) is 0 Å². The maximum absolute atomic E-state index is 13.5. The number of nitrogens with one attached hydrogen (secondary N) is 3. The van der Waals surface area contributed by atoms with Crippen LogP contribution in [-0.2, 0) is 0 Å². The molecule has 3 heterocycles. The number of halogens is 2. The topological polar surface area (TPSA) is 89.5 Å². The normalized spacial score (nSPS) is 22.2. The number of hydrogen-bond donors (Lipinski definition) is 4. The van der Waals surface area contributed by atoms with Gasteiger partial charge in [0.05, 0.1) is 23.6 Å². The molecule has 0 unspecified atom stereocenters. The minimum Gasteiger partial charge on any atom is -0.384 e. The van der Waals surface area contributed by atoms with Crippen LogP contribution < -0.4 is 16.4 Å². The van der Waals surface area contributed by atoms with Crippen molar-refractivity contribution < 1.29 is 8.78 Å². The van der Waals surface area contributed by atoms with Crippen LogP contribution in [0.1, 0.15) is 20.3 Å². The second kappa shape index (κ2) is 7.38. The molecular formula is C19H24F2N6. The minimum atomic E-state index is -2.64. The van der Waals surface area contributed by atoms with Crippen LogP contribution in [0.4, 0.5) is 8.78 Å². The average Bonchev–Trinajstić information content (AvgIpc) is 2.98. The maximum Gasteiger partial charge on any atom is 0.266 e. The number of allylic oxidation sites excluding steroid dienone is 4. The van der Waals surface area contributed by atoms with E-state index in [1.54, 1.807) is 23.3 Å². The van der Waals surface area contributed by atoms with Crippen molar-refractivity contribution in [3.05, 3.63) is 59.0 Å². The zero-order chi connectivity index (χ0) is 19.6. The molecule has 0 aromatic carbocycles. The fraction of sp³-hybridized carbons (Fsp3) is 0.368. The van der Waals surface area contributed by atoms with E-state index in [-0.39, 0.29) is 24.7 Å². The first-order valence-corrected chi connectivity index (χ1v) is 8.84. The van der Waals surface area contributed by atoms with Crippen LogP contribution in [0.5, 0.6) is 0 Å². The molecular weight excluding hydrogens is 350 g/mol. The summed E-state index contributed by atoms with van der Waals surface area (Å²) in [5, 5.41) is 13.7. The Morgan fingerprint density at radius 2 is 2.15 bits per heavy atom. The number of aliphatic imine (C=N–C) groups is 1. The summed E-state index contributed by atoms with van der Waals surface area (Å²) >= 11 is 0. The summed E-state index contributed by atoms with van der Waals surface area (Å²) in [4.78, 5) is 6.00. The molecule has 0 atom stereocenters. The van der Waals surface area contributed by atoms with Gasteiger partial charge in [-0.1, -0.05) is 13.8 Å². The highest BCUT2D eigenvalue weighted by Crippen LogP contribution is 2.31. The highest BCUT2D eigenvalue weighted by molar-refractivity contribution is 5.97. The molecule has 0 aromatic rings. The van der Waals surface area contributed by atoms with Crippen LogP contribution >= 0.6 is 0 Å². The maximum atomic E-state index is 13.5. The summed E-state index contributed by atoms with van der Waals surface area (Å²) in [6.07, 6.45) is 10.0. The highest BCUT2D eigenvalue weighted by Gasteiger charge is 2.39. The Morgan fingerprint density at radius 1 is 1.37 bits per heavy atom. The lowest BCUT2D eigenvalue weighted by Gasteiger charge is -2.27. The van der Waals surface area contributed by atoms with Gasteiger partial charge in [0.1, 0.15) is 11.7 Å². The van der Waals surface area contributed by atoms with Gasteiger partial charge in [0, 0.05) is 25.4 Å². The lowest BCUT2D eigenvalue weighted by atomic mass is 10.0. The average molecular weight is 374 g/mol. The number of nitrogens with zero attached hydrogens (tertiary/aromatic N) is 2. The van der Waals surface area contributed by atoms with Gasteiger partial charge < -0.3 is 26.7 Å². The second-order valence-electron chi connectivity index (χ2n) is 7.04. The Labute approximate surface area is 157 Å². The molecule has 1 saturated heterocycles. The van der Waals surface area contributed by atoms with Crippen molar-refractivity contribution in [3.8, 4) is 0 Å². The van der Waals surface area contributed by atoms with Gasteiger partial charge in [0.15, 0.2) is 0 Å². The Morgan fingerprint density at radius 3 is 2.78 bits per heavy atom. The van der Waals surface area contributed by atoms with E-state index >= 15 is 0 Å². The van der Waals surface area contributed by atoms with Gasteiger partial charge in [-0.05, 0) is 35.8 Å². The number of rotatable bonds is 5. The first-order valence-electron chi connectivity index (χ1n) is 8.84. The van der Waals surface area contributed by atoms with E-state index in [2.05, 4.69) is 15.6 Å². The Hall–Kier alpha value is -2.90. The quantitative estimate of drug-likeness (QED) is 0.440. The van der Waals surface area contributed by atoms with E-state index in [9.17, 15) is 8.78 Å². The van der Waals surface area contributed by atoms with Gasteiger partial charge in [-0.3, -0.25) is 0 Å². The molecule has 8 heteroatoms. The summed E-state index contributed by atoms with van der Waals surface area (Å²) in [7, 11) is 0. The molecule has 0 aromatic heterocycles. The first kappa shape index (κ1) is 18.9. The Bertz CT molecular complexity index is 814. The third-order valence-electron chi connectivity index (χ3n) is 4.56. The number of amidine groups is 1. The molecule has 0 aliphatic carbocycles. The molecule has 27 heavy (non-hydrogen) atoms. The van der Waals surface area contributed by atoms with Crippen molar-refractivity contribution >= 4 is 12.1 Å². The number of likely N-dealkylation sites (tertiary alicyclic amines) is 1. The van der Waals surface area contributed by atoms with Crippen LogP contribution in [0.3, 0.4) is 0 Å². The summed E-state index contributed by atoms with van der Waals surface area (Å²) < 4.78 is 27.0. The highest BCUT2D eigenvalue weighted by atomic mass is 19.3. The van der Waals surface area contributed by atoms with E-state index in [1.807, 2.05) is 26.0 Å².